The molecule has 0 amide bonds. The number of nitrogens with one attached hydrogen (secondary N) is 3. The molecule has 0 atom stereocenters. The van der Waals surface area contributed by atoms with Gasteiger partial charge >= 0.3 is 0 Å². The highest BCUT2D eigenvalue weighted by Crippen LogP contribution is 2.21. The number of rotatable bonds is 4. The summed E-state index contributed by atoms with van der Waals surface area (Å²) in [5, 5.41) is 36.2. The van der Waals surface area contributed by atoms with Crippen LogP contribution in [0.15, 0.2) is 18.2 Å². The van der Waals surface area contributed by atoms with E-state index in [0.717, 1.165) is 0 Å². The van der Waals surface area contributed by atoms with Crippen LogP contribution in [-0.4, -0.2) is 26.7 Å². The molecule has 0 aliphatic carbocycles. The first-order valence-corrected chi connectivity index (χ1v) is 4.61. The zero-order valence-electron chi connectivity index (χ0n) is 9.25. The van der Waals surface area contributed by atoms with Crippen LogP contribution in [0.5, 0.6) is 0 Å². The van der Waals surface area contributed by atoms with Crippen molar-refractivity contribution in [2.24, 2.45) is 0 Å². The van der Waals surface area contributed by atoms with Crippen molar-refractivity contribution in [3.8, 4) is 0 Å². The number of guanidine groups is 1. The van der Waals surface area contributed by atoms with Gasteiger partial charge in [0.1, 0.15) is 0 Å². The van der Waals surface area contributed by atoms with E-state index in [0.29, 0.717) is 11.3 Å². The highest BCUT2D eigenvalue weighted by Gasteiger charge is 2.10. The minimum absolute atomic E-state index is 0.136. The topological polar surface area (TPSA) is 144 Å². The van der Waals surface area contributed by atoms with E-state index in [2.05, 4.69) is 10.3 Å². The average molecular weight is 257 g/mol. The molecule has 0 saturated carbocycles. The fraction of sp³-hybridized carbons (Fsp3) is 0.125. The molecule has 18 heavy (non-hydrogen) atoms. The van der Waals surface area contributed by atoms with Crippen molar-refractivity contribution >= 4 is 17.3 Å². The molecule has 1 rings (SSSR count). The summed E-state index contributed by atoms with van der Waals surface area (Å²) in [6.45, 7) is 1.69. The first-order valence-electron chi connectivity index (χ1n) is 4.61. The van der Waals surface area contributed by atoms with E-state index in [1.807, 2.05) is 5.48 Å². The number of hydrogen-bond acceptors (Lipinski definition) is 7. The lowest BCUT2D eigenvalue weighted by Crippen LogP contribution is -2.35. The minimum atomic E-state index is -0.628. The van der Waals surface area contributed by atoms with Crippen LogP contribution in [0.3, 0.4) is 0 Å². The lowest BCUT2D eigenvalue weighted by molar-refractivity contribution is -0.505. The number of nitrogens with zero attached hydrogens (tertiary/aromatic N) is 2. The van der Waals surface area contributed by atoms with Crippen molar-refractivity contribution < 1.29 is 20.3 Å². The van der Waals surface area contributed by atoms with Crippen LogP contribution in [0.1, 0.15) is 5.56 Å². The number of nitro groups is 1. The number of anilines is 1. The summed E-state index contributed by atoms with van der Waals surface area (Å²) >= 11 is 0. The molecule has 0 fully saturated rings. The maximum Gasteiger partial charge on any atom is 0.271 e. The van der Waals surface area contributed by atoms with E-state index >= 15 is 0 Å². The lowest BCUT2D eigenvalue weighted by atomic mass is 10.2. The third-order valence-corrected chi connectivity index (χ3v) is 1.92. The van der Waals surface area contributed by atoms with E-state index in [1.54, 1.807) is 6.92 Å². The highest BCUT2D eigenvalue weighted by molar-refractivity contribution is 5.91. The van der Waals surface area contributed by atoms with Crippen molar-refractivity contribution in [3.05, 3.63) is 33.9 Å². The van der Waals surface area contributed by atoms with Crippen LogP contribution in [-0.2, 0) is 4.94 Å². The van der Waals surface area contributed by atoms with Gasteiger partial charge in [0.05, 0.1) is 16.0 Å². The predicted molar refractivity (Wildman–Crippen MR) is 58.8 cm³/mol. The third kappa shape index (κ3) is 3.95. The summed E-state index contributed by atoms with van der Waals surface area (Å²) in [4.78, 5) is 14.0. The fourth-order valence-electron chi connectivity index (χ4n) is 1.10. The number of aryl methyl sites for hydroxylation is 1. The molecule has 0 aliphatic heterocycles. The predicted octanol–water partition coefficient (Wildman–Crippen LogP) is 0.766. The summed E-state index contributed by atoms with van der Waals surface area (Å²) in [7, 11) is 0. The molecular weight excluding hydrogens is 246 g/mol. The second-order valence-corrected chi connectivity index (χ2v) is 3.20. The molecule has 0 bridgehead atoms. The number of hydroxylamine groups is 1. The van der Waals surface area contributed by atoms with Gasteiger partial charge < -0.3 is 5.32 Å². The van der Waals surface area contributed by atoms with Gasteiger partial charge in [0, 0.05) is 12.1 Å². The number of hydrogen-bond donors (Lipinski definition) is 5. The number of non-ortho nitro benzene ring substituents is 1. The van der Waals surface area contributed by atoms with Gasteiger partial charge in [0.25, 0.3) is 5.69 Å². The van der Waals surface area contributed by atoms with Crippen LogP contribution in [0.4, 0.5) is 11.4 Å². The van der Waals surface area contributed by atoms with Gasteiger partial charge in [-0.15, -0.1) is 4.94 Å². The summed E-state index contributed by atoms with van der Waals surface area (Å²) in [6, 6.07) is 4.08. The Kier molecular flexibility index (Phi) is 4.51. The molecule has 1 aromatic carbocycles. The molecular formula is C8H11N5O5. The number of benzene rings is 1. The molecule has 0 aliphatic rings. The van der Waals surface area contributed by atoms with Crippen molar-refractivity contribution in [1.82, 2.24) is 10.9 Å². The zero-order chi connectivity index (χ0) is 13.7. The monoisotopic (exact) mass is 257 g/mol. The molecule has 0 heterocycles. The largest absolute Gasteiger partial charge is 0.324 e. The van der Waals surface area contributed by atoms with E-state index in [1.165, 1.54) is 18.2 Å². The molecule has 10 heteroatoms. The Labute approximate surface area is 101 Å². The molecule has 0 spiro atoms. The first-order chi connectivity index (χ1) is 8.40. The molecule has 10 nitrogen and oxygen atoms in total. The smallest absolute Gasteiger partial charge is 0.271 e. The van der Waals surface area contributed by atoms with Crippen molar-refractivity contribution in [3.63, 3.8) is 0 Å². The van der Waals surface area contributed by atoms with Gasteiger partial charge in [0.2, 0.25) is 5.96 Å². The first kappa shape index (κ1) is 13.8. The van der Waals surface area contributed by atoms with Gasteiger partial charge in [0.15, 0.2) is 0 Å². The minimum Gasteiger partial charge on any atom is -0.324 e. The Hall–Kier alpha value is -2.27. The zero-order valence-corrected chi connectivity index (χ0v) is 9.25. The maximum atomic E-state index is 10.6. The lowest BCUT2D eigenvalue weighted by Gasteiger charge is -2.12. The SMILES string of the molecule is Cc1ccc([N+](=O)[O-])cc1NC(=N)NON(O)O. The van der Waals surface area contributed by atoms with Crippen LogP contribution in [0, 0.1) is 22.4 Å². The molecule has 98 valence electrons. The highest BCUT2D eigenvalue weighted by atomic mass is 17.1. The quantitative estimate of drug-likeness (QED) is 0.230. The van der Waals surface area contributed by atoms with E-state index in [-0.39, 0.29) is 5.69 Å². The Morgan fingerprint density at radius 3 is 2.78 bits per heavy atom. The summed E-state index contributed by atoms with van der Waals surface area (Å²) in [6.07, 6.45) is 0. The summed E-state index contributed by atoms with van der Waals surface area (Å²) in [5.74, 6) is -0.438. The van der Waals surface area contributed by atoms with Crippen LogP contribution in [0.25, 0.3) is 0 Å². The van der Waals surface area contributed by atoms with E-state index in [4.69, 9.17) is 15.8 Å². The average Bonchev–Trinajstić information content (AvgIpc) is 2.29. The van der Waals surface area contributed by atoms with Crippen molar-refractivity contribution in [2.75, 3.05) is 5.32 Å². The fourth-order valence-corrected chi connectivity index (χ4v) is 1.10. The second kappa shape index (κ2) is 5.88. The normalized spacial score (nSPS) is 10.2. The molecule has 0 saturated heterocycles. The van der Waals surface area contributed by atoms with Crippen LogP contribution < -0.4 is 10.8 Å². The molecule has 5 N–H and O–H groups in total. The third-order valence-electron chi connectivity index (χ3n) is 1.92. The Morgan fingerprint density at radius 1 is 1.56 bits per heavy atom. The van der Waals surface area contributed by atoms with Crippen molar-refractivity contribution in [1.29, 1.82) is 5.41 Å². The van der Waals surface area contributed by atoms with Gasteiger partial charge in [-0.3, -0.25) is 25.9 Å². The second-order valence-electron chi connectivity index (χ2n) is 3.20. The summed E-state index contributed by atoms with van der Waals surface area (Å²) < 4.78 is 0. The molecule has 0 aromatic heterocycles. The van der Waals surface area contributed by atoms with Gasteiger partial charge in [-0.25, -0.2) is 5.48 Å². The maximum absolute atomic E-state index is 10.6. The Bertz CT molecular complexity index is 463. The Morgan fingerprint density at radius 2 is 2.22 bits per heavy atom. The van der Waals surface area contributed by atoms with Gasteiger partial charge in [-0.05, 0) is 12.5 Å². The Balaban J connectivity index is 2.74. The van der Waals surface area contributed by atoms with Crippen LogP contribution >= 0.6 is 0 Å². The van der Waals surface area contributed by atoms with Crippen LogP contribution in [0.2, 0.25) is 0 Å². The molecule has 1 aromatic rings. The standard InChI is InChI=1S/C8H11N5O5/c1-5-2-3-6(12(14)15)4-7(5)10-8(9)11-18-13(16)17/h2-4,16-17H,1H3,(H3,9,10,11). The van der Waals surface area contributed by atoms with E-state index < -0.39 is 16.3 Å². The molecule has 0 unspecified atom stereocenters. The summed E-state index contributed by atoms with van der Waals surface area (Å²) in [5.41, 5.74) is 2.68. The van der Waals surface area contributed by atoms with Gasteiger partial charge in [-0.1, -0.05) is 6.07 Å². The van der Waals surface area contributed by atoms with E-state index in [9.17, 15) is 10.1 Å². The molecule has 0 radical (unpaired) electrons. The van der Waals surface area contributed by atoms with Crippen molar-refractivity contribution in [2.45, 2.75) is 6.92 Å². The number of nitro benzene ring substituents is 1. The van der Waals surface area contributed by atoms with Gasteiger partial charge in [-0.2, -0.15) is 0 Å².